The molecule has 18 heavy (non-hydrogen) atoms. The van der Waals surface area contributed by atoms with E-state index in [9.17, 15) is 4.79 Å². The maximum atomic E-state index is 11.6. The third kappa shape index (κ3) is 4.11. The Hall–Kier alpha value is -1.99. The van der Waals surface area contributed by atoms with Gasteiger partial charge in [-0.3, -0.25) is 10.1 Å². The lowest BCUT2D eigenvalue weighted by Crippen LogP contribution is -2.35. The van der Waals surface area contributed by atoms with Gasteiger partial charge in [0.2, 0.25) is 5.91 Å². The van der Waals surface area contributed by atoms with Crippen LogP contribution in [-0.4, -0.2) is 26.1 Å². The predicted molar refractivity (Wildman–Crippen MR) is 71.3 cm³/mol. The van der Waals surface area contributed by atoms with E-state index in [0.29, 0.717) is 6.54 Å². The second-order valence-electron chi connectivity index (χ2n) is 3.84. The molecule has 0 fully saturated rings. The lowest BCUT2D eigenvalue weighted by atomic mass is 10.1. The summed E-state index contributed by atoms with van der Waals surface area (Å²) < 4.78 is 5.25. The van der Waals surface area contributed by atoms with Gasteiger partial charge in [-0.15, -0.1) is 6.42 Å². The second-order valence-corrected chi connectivity index (χ2v) is 3.84. The van der Waals surface area contributed by atoms with Crippen LogP contribution >= 0.6 is 0 Å². The maximum Gasteiger partial charge on any atom is 0.234 e. The van der Waals surface area contributed by atoms with E-state index in [-0.39, 0.29) is 18.5 Å². The van der Waals surface area contributed by atoms with Crippen molar-refractivity contribution in [2.75, 3.05) is 20.2 Å². The maximum absolute atomic E-state index is 11.6. The number of ether oxygens (including phenoxy) is 1. The fraction of sp³-hybridized carbons (Fsp3) is 0.357. The van der Waals surface area contributed by atoms with Gasteiger partial charge >= 0.3 is 0 Å². The van der Waals surface area contributed by atoms with Crippen LogP contribution in [-0.2, 0) is 4.79 Å². The van der Waals surface area contributed by atoms with Crippen LogP contribution in [0.4, 0.5) is 0 Å². The van der Waals surface area contributed by atoms with E-state index in [0.717, 1.165) is 11.3 Å². The van der Waals surface area contributed by atoms with Gasteiger partial charge in [-0.25, -0.2) is 0 Å². The highest BCUT2D eigenvalue weighted by Crippen LogP contribution is 2.23. The van der Waals surface area contributed by atoms with Crippen LogP contribution in [0.1, 0.15) is 18.5 Å². The molecule has 0 heterocycles. The highest BCUT2D eigenvalue weighted by atomic mass is 16.5. The Bertz CT molecular complexity index is 438. The highest BCUT2D eigenvalue weighted by molar-refractivity contribution is 5.78. The Morgan fingerprint density at radius 1 is 1.50 bits per heavy atom. The van der Waals surface area contributed by atoms with Gasteiger partial charge in [-0.05, 0) is 13.0 Å². The smallest absolute Gasteiger partial charge is 0.234 e. The number of methoxy groups -OCH3 is 1. The molecule has 4 heteroatoms. The summed E-state index contributed by atoms with van der Waals surface area (Å²) in [6.45, 7) is 2.51. The molecule has 2 N–H and O–H groups in total. The fourth-order valence-electron chi connectivity index (χ4n) is 1.64. The number of carbonyl (C=O) groups excluding carboxylic acids is 1. The summed E-state index contributed by atoms with van der Waals surface area (Å²) >= 11 is 0. The van der Waals surface area contributed by atoms with Crippen molar-refractivity contribution in [3.63, 3.8) is 0 Å². The average Bonchev–Trinajstić information content (AvgIpc) is 2.39. The number of rotatable bonds is 6. The number of amides is 1. The van der Waals surface area contributed by atoms with Crippen LogP contribution in [0, 0.1) is 12.3 Å². The first kappa shape index (κ1) is 14.1. The van der Waals surface area contributed by atoms with Crippen molar-refractivity contribution in [1.29, 1.82) is 0 Å². The molecule has 1 aromatic rings. The molecule has 1 rings (SSSR count). The monoisotopic (exact) mass is 246 g/mol. The van der Waals surface area contributed by atoms with E-state index < -0.39 is 0 Å². The van der Waals surface area contributed by atoms with Crippen molar-refractivity contribution in [2.24, 2.45) is 0 Å². The van der Waals surface area contributed by atoms with Crippen molar-refractivity contribution < 1.29 is 9.53 Å². The van der Waals surface area contributed by atoms with Crippen LogP contribution in [0.3, 0.4) is 0 Å². The summed E-state index contributed by atoms with van der Waals surface area (Å²) in [5.41, 5.74) is 0.949. The van der Waals surface area contributed by atoms with Gasteiger partial charge in [-0.1, -0.05) is 24.1 Å². The zero-order valence-electron chi connectivity index (χ0n) is 10.7. The number of carbonyl (C=O) groups is 1. The number of hydrogen-bond donors (Lipinski definition) is 2. The van der Waals surface area contributed by atoms with Gasteiger partial charge in [0.25, 0.3) is 0 Å². The highest BCUT2D eigenvalue weighted by Gasteiger charge is 2.12. The van der Waals surface area contributed by atoms with Gasteiger partial charge in [0.1, 0.15) is 5.75 Å². The lowest BCUT2D eigenvalue weighted by Gasteiger charge is -2.17. The molecule has 0 saturated heterocycles. The van der Waals surface area contributed by atoms with Crippen LogP contribution in [0.25, 0.3) is 0 Å². The molecule has 4 nitrogen and oxygen atoms in total. The van der Waals surface area contributed by atoms with Crippen molar-refractivity contribution in [3.8, 4) is 18.1 Å². The molecule has 0 aromatic heterocycles. The number of terminal acetylenes is 1. The van der Waals surface area contributed by atoms with E-state index in [1.54, 1.807) is 7.11 Å². The molecule has 0 aliphatic carbocycles. The van der Waals surface area contributed by atoms with Gasteiger partial charge < -0.3 is 10.1 Å². The summed E-state index contributed by atoms with van der Waals surface area (Å²) in [4.78, 5) is 11.6. The van der Waals surface area contributed by atoms with Gasteiger partial charge in [0, 0.05) is 5.56 Å². The third-order valence-electron chi connectivity index (χ3n) is 2.50. The first-order chi connectivity index (χ1) is 8.69. The first-order valence-electron chi connectivity index (χ1n) is 5.75. The Kier molecular flexibility index (Phi) is 5.75. The van der Waals surface area contributed by atoms with Crippen LogP contribution < -0.4 is 15.4 Å². The average molecular weight is 246 g/mol. The number of hydrogen-bond acceptors (Lipinski definition) is 3. The number of benzene rings is 1. The van der Waals surface area contributed by atoms with Crippen LogP contribution in [0.2, 0.25) is 0 Å². The molecule has 0 spiro atoms. The standard InChI is InChI=1S/C14H18N2O2/c1-4-9-15-10-14(17)16-11(2)12-7-5-6-8-13(12)18-3/h1,5-8,11,15H,9-10H2,2-3H3,(H,16,17)/t11-/m0/s1. The minimum atomic E-state index is -0.110. The number of nitrogens with one attached hydrogen (secondary N) is 2. The minimum Gasteiger partial charge on any atom is -0.496 e. The molecule has 0 radical (unpaired) electrons. The van der Waals surface area contributed by atoms with E-state index in [1.165, 1.54) is 0 Å². The zero-order chi connectivity index (χ0) is 13.4. The van der Waals surface area contributed by atoms with E-state index in [4.69, 9.17) is 11.2 Å². The van der Waals surface area contributed by atoms with Crippen molar-refractivity contribution >= 4 is 5.91 Å². The Morgan fingerprint density at radius 2 is 2.22 bits per heavy atom. The molecule has 96 valence electrons. The summed E-state index contributed by atoms with van der Waals surface area (Å²) in [7, 11) is 1.61. The van der Waals surface area contributed by atoms with E-state index >= 15 is 0 Å². The third-order valence-corrected chi connectivity index (χ3v) is 2.50. The van der Waals surface area contributed by atoms with Crippen molar-refractivity contribution in [3.05, 3.63) is 29.8 Å². The summed E-state index contributed by atoms with van der Waals surface area (Å²) in [6, 6.07) is 7.50. The molecule has 0 unspecified atom stereocenters. The SMILES string of the molecule is C#CCNCC(=O)N[C@@H](C)c1ccccc1OC. The fourth-order valence-corrected chi connectivity index (χ4v) is 1.64. The summed E-state index contributed by atoms with van der Waals surface area (Å²) in [5.74, 6) is 3.09. The molecule has 1 amide bonds. The second kappa shape index (κ2) is 7.36. The Balaban J connectivity index is 2.57. The molecule has 0 saturated carbocycles. The predicted octanol–water partition coefficient (Wildman–Crippen LogP) is 1.10. The van der Waals surface area contributed by atoms with Crippen molar-refractivity contribution in [2.45, 2.75) is 13.0 Å². The topological polar surface area (TPSA) is 50.4 Å². The molecule has 1 aromatic carbocycles. The molecular formula is C14H18N2O2. The van der Waals surface area contributed by atoms with Crippen LogP contribution in [0.5, 0.6) is 5.75 Å². The Morgan fingerprint density at radius 3 is 2.89 bits per heavy atom. The lowest BCUT2D eigenvalue weighted by molar-refractivity contribution is -0.120. The largest absolute Gasteiger partial charge is 0.496 e. The molecular weight excluding hydrogens is 228 g/mol. The summed E-state index contributed by atoms with van der Waals surface area (Å²) in [5, 5.41) is 5.72. The molecule has 0 aliphatic heterocycles. The Labute approximate surface area is 108 Å². The van der Waals surface area contributed by atoms with Gasteiger partial charge in [0.15, 0.2) is 0 Å². The van der Waals surface area contributed by atoms with E-state index in [1.807, 2.05) is 31.2 Å². The van der Waals surface area contributed by atoms with E-state index in [2.05, 4.69) is 16.6 Å². The minimum absolute atomic E-state index is 0.0938. The quantitative estimate of drug-likeness (QED) is 0.583. The zero-order valence-corrected chi connectivity index (χ0v) is 10.7. The van der Waals surface area contributed by atoms with Gasteiger partial charge in [-0.2, -0.15) is 0 Å². The van der Waals surface area contributed by atoms with Gasteiger partial charge in [0.05, 0.1) is 26.2 Å². The molecule has 0 aliphatic rings. The molecule has 0 bridgehead atoms. The molecule has 1 atom stereocenters. The van der Waals surface area contributed by atoms with Crippen molar-refractivity contribution in [1.82, 2.24) is 10.6 Å². The van der Waals surface area contributed by atoms with Crippen LogP contribution in [0.15, 0.2) is 24.3 Å². The summed E-state index contributed by atoms with van der Waals surface area (Å²) in [6.07, 6.45) is 5.08. The number of para-hydroxylation sites is 1. The normalized spacial score (nSPS) is 11.4. The first-order valence-corrected chi connectivity index (χ1v) is 5.75.